The Kier molecular flexibility index (Phi) is 2.88. The minimum Gasteiger partial charge on any atom is -0.324 e. The average molecular weight is 250 g/mol. The maximum absolute atomic E-state index is 12.4. The molecule has 5 heteroatoms. The van der Waals surface area contributed by atoms with E-state index in [-0.39, 0.29) is 11.1 Å². The van der Waals surface area contributed by atoms with Gasteiger partial charge in [0.2, 0.25) is 0 Å². The van der Waals surface area contributed by atoms with Gasteiger partial charge < -0.3 is 5.73 Å². The van der Waals surface area contributed by atoms with Crippen LogP contribution in [0.25, 0.3) is 0 Å². The number of halogens is 4. The summed E-state index contributed by atoms with van der Waals surface area (Å²) in [5, 5.41) is -0.277. The van der Waals surface area contributed by atoms with Crippen molar-refractivity contribution in [1.82, 2.24) is 0 Å². The third kappa shape index (κ3) is 2.33. The van der Waals surface area contributed by atoms with Crippen LogP contribution in [0.3, 0.4) is 0 Å². The van der Waals surface area contributed by atoms with Gasteiger partial charge in [-0.25, -0.2) is 0 Å². The molecule has 1 unspecified atom stereocenters. The lowest BCUT2D eigenvalue weighted by Crippen LogP contribution is -2.13. The quantitative estimate of drug-likeness (QED) is 0.848. The zero-order valence-corrected chi connectivity index (χ0v) is 9.15. The molecular weight excluding hydrogens is 239 g/mol. The fourth-order valence-electron chi connectivity index (χ4n) is 1.70. The van der Waals surface area contributed by atoms with E-state index in [1.165, 1.54) is 12.1 Å². The van der Waals surface area contributed by atoms with Gasteiger partial charge in [0.05, 0.1) is 10.6 Å². The summed E-state index contributed by atoms with van der Waals surface area (Å²) in [6, 6.07) is 3.55. The Morgan fingerprint density at radius 3 is 2.38 bits per heavy atom. The number of nitrogens with two attached hydrogens (primary N) is 1. The summed E-state index contributed by atoms with van der Waals surface area (Å²) in [4.78, 5) is 0. The molecule has 0 aromatic heterocycles. The van der Waals surface area contributed by atoms with Crippen LogP contribution in [0.2, 0.25) is 5.02 Å². The highest BCUT2D eigenvalue weighted by Crippen LogP contribution is 2.41. The normalized spacial score (nSPS) is 18.6. The highest BCUT2D eigenvalue weighted by molar-refractivity contribution is 6.31. The first kappa shape index (κ1) is 11.7. The minimum atomic E-state index is -4.40. The van der Waals surface area contributed by atoms with Crippen molar-refractivity contribution in [3.05, 3.63) is 34.3 Å². The molecule has 0 radical (unpaired) electrons. The first-order chi connectivity index (χ1) is 7.39. The Balaban J connectivity index is 2.28. The maximum atomic E-state index is 12.4. The predicted octanol–water partition coefficient (Wildman–Crippen LogP) is 3.77. The van der Waals surface area contributed by atoms with Crippen molar-refractivity contribution in [3.63, 3.8) is 0 Å². The summed E-state index contributed by atoms with van der Waals surface area (Å²) in [5.74, 6) is 0.396. The Morgan fingerprint density at radius 1 is 1.31 bits per heavy atom. The molecule has 88 valence electrons. The second-order valence-electron chi connectivity index (χ2n) is 4.10. The molecule has 0 spiro atoms. The molecule has 1 nitrogen and oxygen atoms in total. The molecule has 0 bridgehead atoms. The molecule has 1 aromatic carbocycles. The minimum absolute atomic E-state index is 0.195. The summed E-state index contributed by atoms with van der Waals surface area (Å²) >= 11 is 5.61. The van der Waals surface area contributed by atoms with Gasteiger partial charge in [0.15, 0.2) is 0 Å². The lowest BCUT2D eigenvalue weighted by atomic mass is 10.0. The Labute approximate surface area is 96.4 Å². The van der Waals surface area contributed by atoms with E-state index in [4.69, 9.17) is 17.3 Å². The molecule has 16 heavy (non-hydrogen) atoms. The van der Waals surface area contributed by atoms with E-state index in [2.05, 4.69) is 0 Å². The van der Waals surface area contributed by atoms with E-state index < -0.39 is 11.7 Å². The molecule has 2 N–H and O–H groups in total. The van der Waals surface area contributed by atoms with Crippen LogP contribution < -0.4 is 5.73 Å². The number of hydrogen-bond donors (Lipinski definition) is 1. The van der Waals surface area contributed by atoms with Crippen molar-refractivity contribution in [3.8, 4) is 0 Å². The third-order valence-electron chi connectivity index (χ3n) is 2.81. The summed E-state index contributed by atoms with van der Waals surface area (Å²) in [5.41, 5.74) is 5.76. The first-order valence-corrected chi connectivity index (χ1v) is 5.39. The van der Waals surface area contributed by atoms with Gasteiger partial charge in [-0.1, -0.05) is 17.7 Å². The largest absolute Gasteiger partial charge is 0.417 e. The van der Waals surface area contributed by atoms with E-state index >= 15 is 0 Å². The zero-order valence-electron chi connectivity index (χ0n) is 8.39. The molecule has 0 aliphatic heterocycles. The highest BCUT2D eigenvalue weighted by Gasteiger charge is 2.34. The SMILES string of the molecule is NC(c1ccc(C(F)(F)F)c(Cl)c1)C1CC1. The van der Waals surface area contributed by atoms with Gasteiger partial charge in [-0.05, 0) is 36.5 Å². The molecule has 0 saturated heterocycles. The van der Waals surface area contributed by atoms with Crippen LogP contribution in [0.4, 0.5) is 13.2 Å². The molecule has 0 amide bonds. The molecule has 1 aliphatic rings. The van der Waals surface area contributed by atoms with Crippen LogP contribution in [0, 0.1) is 5.92 Å². The van der Waals surface area contributed by atoms with Crippen LogP contribution in [0.1, 0.15) is 30.0 Å². The van der Waals surface area contributed by atoms with Gasteiger partial charge in [0.25, 0.3) is 0 Å². The zero-order chi connectivity index (χ0) is 11.9. The Morgan fingerprint density at radius 2 is 1.94 bits per heavy atom. The van der Waals surface area contributed by atoms with Crippen molar-refractivity contribution in [2.24, 2.45) is 11.7 Å². The van der Waals surface area contributed by atoms with E-state index in [1.54, 1.807) is 0 Å². The lowest BCUT2D eigenvalue weighted by molar-refractivity contribution is -0.137. The van der Waals surface area contributed by atoms with Crippen LogP contribution in [0.5, 0.6) is 0 Å². The first-order valence-electron chi connectivity index (χ1n) is 5.02. The summed E-state index contributed by atoms with van der Waals surface area (Å²) in [6.07, 6.45) is -2.32. The fraction of sp³-hybridized carbons (Fsp3) is 0.455. The molecule has 1 fully saturated rings. The second kappa shape index (κ2) is 3.93. The smallest absolute Gasteiger partial charge is 0.324 e. The van der Waals surface area contributed by atoms with Crippen molar-refractivity contribution in [1.29, 1.82) is 0 Å². The molecule has 0 heterocycles. The monoisotopic (exact) mass is 249 g/mol. The molecular formula is C11H11ClF3N. The standard InChI is InChI=1S/C11H11ClF3N/c12-9-5-7(10(16)6-1-2-6)3-4-8(9)11(13,14)15/h3-6,10H,1-2,16H2. The van der Waals surface area contributed by atoms with E-state index in [1.807, 2.05) is 0 Å². The summed E-state index contributed by atoms with van der Waals surface area (Å²) < 4.78 is 37.3. The topological polar surface area (TPSA) is 26.0 Å². The van der Waals surface area contributed by atoms with Crippen LogP contribution in [-0.2, 0) is 6.18 Å². The third-order valence-corrected chi connectivity index (χ3v) is 3.13. The molecule has 1 saturated carbocycles. The Hall–Kier alpha value is -0.740. The van der Waals surface area contributed by atoms with Gasteiger partial charge in [-0.2, -0.15) is 13.2 Å². The van der Waals surface area contributed by atoms with E-state index in [0.29, 0.717) is 11.5 Å². The van der Waals surface area contributed by atoms with Gasteiger partial charge >= 0.3 is 6.18 Å². The van der Waals surface area contributed by atoms with Crippen molar-refractivity contribution >= 4 is 11.6 Å². The Bertz CT molecular complexity index is 399. The number of rotatable bonds is 2. The van der Waals surface area contributed by atoms with Crippen molar-refractivity contribution in [2.45, 2.75) is 25.1 Å². The second-order valence-corrected chi connectivity index (χ2v) is 4.51. The van der Waals surface area contributed by atoms with Gasteiger partial charge in [-0.15, -0.1) is 0 Å². The van der Waals surface area contributed by atoms with Crippen LogP contribution >= 0.6 is 11.6 Å². The highest BCUT2D eigenvalue weighted by atomic mass is 35.5. The molecule has 2 rings (SSSR count). The van der Waals surface area contributed by atoms with Crippen molar-refractivity contribution < 1.29 is 13.2 Å². The average Bonchev–Trinajstić information content (AvgIpc) is 2.97. The van der Waals surface area contributed by atoms with Crippen LogP contribution in [0.15, 0.2) is 18.2 Å². The predicted molar refractivity (Wildman–Crippen MR) is 56.1 cm³/mol. The lowest BCUT2D eigenvalue weighted by Gasteiger charge is -2.14. The number of alkyl halides is 3. The fourth-order valence-corrected chi connectivity index (χ4v) is 1.99. The number of benzene rings is 1. The van der Waals surface area contributed by atoms with E-state index in [0.717, 1.165) is 18.9 Å². The van der Waals surface area contributed by atoms with Gasteiger partial charge in [0, 0.05) is 6.04 Å². The summed E-state index contributed by atoms with van der Waals surface area (Å²) in [6.45, 7) is 0. The van der Waals surface area contributed by atoms with Crippen molar-refractivity contribution in [2.75, 3.05) is 0 Å². The van der Waals surface area contributed by atoms with E-state index in [9.17, 15) is 13.2 Å². The van der Waals surface area contributed by atoms with Gasteiger partial charge in [0.1, 0.15) is 0 Å². The number of hydrogen-bond acceptors (Lipinski definition) is 1. The van der Waals surface area contributed by atoms with Gasteiger partial charge in [-0.3, -0.25) is 0 Å². The molecule has 1 aliphatic carbocycles. The molecule has 1 aromatic rings. The summed E-state index contributed by atoms with van der Waals surface area (Å²) in [7, 11) is 0. The van der Waals surface area contributed by atoms with Crippen LogP contribution in [-0.4, -0.2) is 0 Å². The molecule has 1 atom stereocenters. The maximum Gasteiger partial charge on any atom is 0.417 e.